The molecule has 5 nitrogen and oxygen atoms in total. The van der Waals surface area contributed by atoms with Gasteiger partial charge in [0, 0.05) is 17.6 Å². The highest BCUT2D eigenvalue weighted by molar-refractivity contribution is 8.14. The summed E-state index contributed by atoms with van der Waals surface area (Å²) in [5.41, 5.74) is 1.96. The molecule has 0 saturated heterocycles. The van der Waals surface area contributed by atoms with Crippen LogP contribution in [0, 0.1) is 11.3 Å². The van der Waals surface area contributed by atoms with E-state index < -0.39 is 5.91 Å². The van der Waals surface area contributed by atoms with Gasteiger partial charge in [-0.15, -0.1) is 0 Å². The van der Waals surface area contributed by atoms with Crippen molar-refractivity contribution in [2.24, 2.45) is 4.99 Å². The highest BCUT2D eigenvalue weighted by Gasteiger charge is 2.11. The summed E-state index contributed by atoms with van der Waals surface area (Å²) < 4.78 is 0. The van der Waals surface area contributed by atoms with Crippen LogP contribution in [0.15, 0.2) is 41.0 Å². The molecular formula is C17H20N4OS. The van der Waals surface area contributed by atoms with Crippen molar-refractivity contribution < 1.29 is 4.79 Å². The second-order valence-electron chi connectivity index (χ2n) is 5.10. The number of benzene rings is 1. The van der Waals surface area contributed by atoms with Gasteiger partial charge in [-0.3, -0.25) is 9.79 Å². The molecule has 0 unspecified atom stereocenters. The fraction of sp³-hybridized carbons (Fsp3) is 0.353. The lowest BCUT2D eigenvalue weighted by Crippen LogP contribution is -2.18. The highest BCUT2D eigenvalue weighted by atomic mass is 32.2. The molecule has 1 aliphatic rings. The summed E-state index contributed by atoms with van der Waals surface area (Å²) in [6.45, 7) is 2.92. The maximum absolute atomic E-state index is 12.1. The Hall–Kier alpha value is -2.26. The molecule has 6 heteroatoms. The third-order valence-electron chi connectivity index (χ3n) is 3.32. The molecule has 23 heavy (non-hydrogen) atoms. The number of rotatable bonds is 6. The number of unbranched alkanes of at least 4 members (excludes halogenated alkanes) is 1. The van der Waals surface area contributed by atoms with Gasteiger partial charge in [0.05, 0.1) is 6.54 Å². The Morgan fingerprint density at radius 2 is 2.22 bits per heavy atom. The van der Waals surface area contributed by atoms with E-state index in [2.05, 4.69) is 22.5 Å². The van der Waals surface area contributed by atoms with E-state index in [4.69, 9.17) is 5.26 Å². The molecule has 0 saturated carbocycles. The minimum Gasteiger partial charge on any atom is -0.340 e. The summed E-state index contributed by atoms with van der Waals surface area (Å²) in [7, 11) is 0. The number of anilines is 1. The van der Waals surface area contributed by atoms with Crippen LogP contribution in [0.25, 0.3) is 0 Å². The zero-order valence-electron chi connectivity index (χ0n) is 13.1. The first-order valence-corrected chi connectivity index (χ1v) is 8.66. The van der Waals surface area contributed by atoms with Crippen LogP contribution in [0.2, 0.25) is 0 Å². The number of amides is 1. The van der Waals surface area contributed by atoms with Crippen molar-refractivity contribution in [3.05, 3.63) is 41.6 Å². The molecule has 0 aromatic heterocycles. The predicted molar refractivity (Wildman–Crippen MR) is 95.3 cm³/mol. The van der Waals surface area contributed by atoms with Crippen LogP contribution in [-0.4, -0.2) is 23.4 Å². The van der Waals surface area contributed by atoms with Crippen LogP contribution < -0.4 is 10.6 Å². The van der Waals surface area contributed by atoms with Crippen molar-refractivity contribution in [2.45, 2.75) is 26.2 Å². The van der Waals surface area contributed by atoms with E-state index in [-0.39, 0.29) is 5.57 Å². The van der Waals surface area contributed by atoms with E-state index in [9.17, 15) is 4.79 Å². The van der Waals surface area contributed by atoms with Crippen LogP contribution in [0.1, 0.15) is 25.3 Å². The highest BCUT2D eigenvalue weighted by Crippen LogP contribution is 2.13. The average Bonchev–Trinajstić information content (AvgIpc) is 3.08. The van der Waals surface area contributed by atoms with Crippen molar-refractivity contribution in [1.29, 1.82) is 5.26 Å². The number of carbonyl (C=O) groups excluding carboxylic acids is 1. The lowest BCUT2D eigenvalue weighted by molar-refractivity contribution is -0.112. The summed E-state index contributed by atoms with van der Waals surface area (Å²) in [5, 5.41) is 15.5. The maximum atomic E-state index is 12.1. The molecule has 120 valence electrons. The summed E-state index contributed by atoms with van der Waals surface area (Å²) in [6.07, 6.45) is 4.76. The Kier molecular flexibility index (Phi) is 6.70. The summed E-state index contributed by atoms with van der Waals surface area (Å²) in [5.74, 6) is 0.499. The Morgan fingerprint density at radius 3 is 2.83 bits per heavy atom. The normalized spacial score (nSPS) is 14.1. The van der Waals surface area contributed by atoms with E-state index in [1.165, 1.54) is 11.8 Å². The zero-order chi connectivity index (χ0) is 16.5. The third-order valence-corrected chi connectivity index (χ3v) is 4.23. The number of nitrogens with zero attached hydrogens (tertiary/aromatic N) is 2. The van der Waals surface area contributed by atoms with Crippen LogP contribution in [0.3, 0.4) is 0 Å². The smallest absolute Gasteiger partial charge is 0.267 e. The Labute approximate surface area is 140 Å². The van der Waals surface area contributed by atoms with Gasteiger partial charge in [-0.05, 0) is 30.5 Å². The molecule has 0 bridgehead atoms. The lowest BCUT2D eigenvalue weighted by atomic mass is 10.1. The maximum Gasteiger partial charge on any atom is 0.267 e. The topological polar surface area (TPSA) is 77.3 Å². The van der Waals surface area contributed by atoms with Gasteiger partial charge < -0.3 is 10.6 Å². The number of hydrogen-bond acceptors (Lipinski definition) is 5. The van der Waals surface area contributed by atoms with Crippen molar-refractivity contribution in [3.63, 3.8) is 0 Å². The Bertz CT molecular complexity index is 644. The molecule has 0 spiro atoms. The lowest BCUT2D eigenvalue weighted by Gasteiger charge is -2.06. The Balaban J connectivity index is 1.93. The fourth-order valence-corrected chi connectivity index (χ4v) is 2.74. The van der Waals surface area contributed by atoms with E-state index in [0.29, 0.717) is 5.69 Å². The number of thioether (sulfide) groups is 1. The average molecular weight is 328 g/mol. The van der Waals surface area contributed by atoms with Gasteiger partial charge in [0.15, 0.2) is 5.17 Å². The number of carbonyl (C=O) groups is 1. The number of aryl methyl sites for hydroxylation is 1. The number of nitrogens with one attached hydrogen (secondary N) is 2. The largest absolute Gasteiger partial charge is 0.340 e. The van der Waals surface area contributed by atoms with Crippen molar-refractivity contribution >= 4 is 28.5 Å². The van der Waals surface area contributed by atoms with Gasteiger partial charge >= 0.3 is 0 Å². The van der Waals surface area contributed by atoms with E-state index in [1.54, 1.807) is 11.8 Å². The first kappa shape index (κ1) is 17.1. The number of aliphatic imine (C=N–C) groups is 1. The molecule has 0 atom stereocenters. The van der Waals surface area contributed by atoms with Gasteiger partial charge in [-0.2, -0.15) is 5.26 Å². The van der Waals surface area contributed by atoms with E-state index in [0.717, 1.165) is 36.7 Å². The molecule has 1 amide bonds. The van der Waals surface area contributed by atoms with Crippen LogP contribution in [0.4, 0.5) is 5.69 Å². The molecule has 2 N–H and O–H groups in total. The first-order chi connectivity index (χ1) is 11.2. The van der Waals surface area contributed by atoms with Crippen molar-refractivity contribution in [1.82, 2.24) is 5.32 Å². The third kappa shape index (κ3) is 5.46. The molecule has 1 aromatic carbocycles. The predicted octanol–water partition coefficient (Wildman–Crippen LogP) is 3.07. The van der Waals surface area contributed by atoms with Gasteiger partial charge in [0.2, 0.25) is 0 Å². The molecule has 0 radical (unpaired) electrons. The molecular weight excluding hydrogens is 308 g/mol. The van der Waals surface area contributed by atoms with Crippen molar-refractivity contribution in [2.75, 3.05) is 17.6 Å². The second kappa shape index (κ2) is 9.01. The summed E-state index contributed by atoms with van der Waals surface area (Å²) >= 11 is 1.57. The summed E-state index contributed by atoms with van der Waals surface area (Å²) in [6, 6.07) is 9.64. The standard InChI is InChI=1S/C17H20N4OS/c1-2-3-4-13-5-7-15(8-6-13)21-16(22)14(11-18)12-20-17-19-9-10-23-17/h5-8,12H,2-4,9-10H2,1H3,(H,19,20)(H,21,22)/b14-12-. The molecule has 2 rings (SSSR count). The molecule has 1 aromatic rings. The van der Waals surface area contributed by atoms with Gasteiger partial charge in [-0.1, -0.05) is 37.2 Å². The van der Waals surface area contributed by atoms with Crippen LogP contribution in [-0.2, 0) is 11.2 Å². The molecule has 1 heterocycles. The van der Waals surface area contributed by atoms with Gasteiger partial charge in [0.1, 0.15) is 11.6 Å². The van der Waals surface area contributed by atoms with Crippen molar-refractivity contribution in [3.8, 4) is 6.07 Å². The number of amidine groups is 1. The van der Waals surface area contributed by atoms with Crippen LogP contribution >= 0.6 is 11.8 Å². The van der Waals surface area contributed by atoms with Crippen LogP contribution in [0.5, 0.6) is 0 Å². The number of nitriles is 1. The number of hydrogen-bond donors (Lipinski definition) is 2. The minimum absolute atomic E-state index is 0.0234. The summed E-state index contributed by atoms with van der Waals surface area (Å²) in [4.78, 5) is 16.3. The minimum atomic E-state index is -0.426. The van der Waals surface area contributed by atoms with E-state index in [1.807, 2.05) is 30.3 Å². The second-order valence-corrected chi connectivity index (χ2v) is 6.19. The fourth-order valence-electron chi connectivity index (χ4n) is 2.04. The monoisotopic (exact) mass is 328 g/mol. The zero-order valence-corrected chi connectivity index (χ0v) is 13.9. The SMILES string of the molecule is CCCCc1ccc(NC(=O)/C(C#N)=C\NC2=NCCS2)cc1. The van der Waals surface area contributed by atoms with E-state index >= 15 is 0 Å². The quantitative estimate of drug-likeness (QED) is 0.621. The van der Waals surface area contributed by atoms with Gasteiger partial charge in [0.25, 0.3) is 5.91 Å². The molecule has 0 aliphatic carbocycles. The molecule has 0 fully saturated rings. The first-order valence-electron chi connectivity index (χ1n) is 7.67. The Morgan fingerprint density at radius 1 is 1.43 bits per heavy atom. The van der Waals surface area contributed by atoms with Gasteiger partial charge in [-0.25, -0.2) is 0 Å². The molecule has 1 aliphatic heterocycles.